The fraction of sp³-hybridized carbons (Fsp3) is 0.278. The lowest BCUT2D eigenvalue weighted by Gasteiger charge is -2.17. The van der Waals surface area contributed by atoms with Crippen molar-refractivity contribution in [2.75, 3.05) is 0 Å². The molecular weight excluding hydrogens is 246 g/mol. The van der Waals surface area contributed by atoms with Crippen LogP contribution in [0.5, 0.6) is 0 Å². The Bertz CT molecular complexity index is 577. The highest BCUT2D eigenvalue weighted by molar-refractivity contribution is 5.95. The largest absolute Gasteiger partial charge is 0.467 e. The van der Waals surface area contributed by atoms with Crippen LogP contribution in [-0.2, 0) is 4.74 Å². The normalized spacial score (nSPS) is 21.4. The molecule has 0 fully saturated rings. The third-order valence-electron chi connectivity index (χ3n) is 3.60. The van der Waals surface area contributed by atoms with Gasteiger partial charge in [0.05, 0.1) is 6.04 Å². The minimum absolute atomic E-state index is 0.0476. The SMILES string of the molecule is CCC[C@H]1N=C(c2ccccc2)O[C@@H]1c1ccccc1. The molecular formula is C18H19NO. The lowest BCUT2D eigenvalue weighted by molar-refractivity contribution is 0.191. The van der Waals surface area contributed by atoms with Gasteiger partial charge in [-0.1, -0.05) is 61.9 Å². The second kappa shape index (κ2) is 5.91. The highest BCUT2D eigenvalue weighted by atomic mass is 16.5. The molecule has 0 radical (unpaired) electrons. The van der Waals surface area contributed by atoms with Gasteiger partial charge in [-0.2, -0.15) is 0 Å². The van der Waals surface area contributed by atoms with E-state index in [4.69, 9.17) is 9.73 Å². The van der Waals surface area contributed by atoms with Crippen molar-refractivity contribution in [1.29, 1.82) is 0 Å². The lowest BCUT2D eigenvalue weighted by Crippen LogP contribution is -2.14. The van der Waals surface area contributed by atoms with E-state index in [1.165, 1.54) is 5.56 Å². The summed E-state index contributed by atoms with van der Waals surface area (Å²) in [5.74, 6) is 0.776. The molecule has 0 saturated heterocycles. The molecule has 2 atom stereocenters. The molecule has 0 saturated carbocycles. The van der Waals surface area contributed by atoms with Crippen LogP contribution in [-0.4, -0.2) is 11.9 Å². The van der Waals surface area contributed by atoms with Crippen molar-refractivity contribution in [3.8, 4) is 0 Å². The third kappa shape index (κ3) is 2.60. The van der Waals surface area contributed by atoms with E-state index in [1.54, 1.807) is 0 Å². The highest BCUT2D eigenvalue weighted by Crippen LogP contribution is 2.33. The number of hydrogen-bond acceptors (Lipinski definition) is 2. The van der Waals surface area contributed by atoms with Gasteiger partial charge in [-0.3, -0.25) is 0 Å². The topological polar surface area (TPSA) is 21.6 Å². The van der Waals surface area contributed by atoms with E-state index in [1.807, 2.05) is 24.3 Å². The summed E-state index contributed by atoms with van der Waals surface area (Å²) in [5.41, 5.74) is 2.27. The van der Waals surface area contributed by atoms with Gasteiger partial charge in [0.2, 0.25) is 5.90 Å². The summed E-state index contributed by atoms with van der Waals surface area (Å²) < 4.78 is 6.15. The van der Waals surface area contributed by atoms with Crippen LogP contribution < -0.4 is 0 Å². The van der Waals surface area contributed by atoms with Gasteiger partial charge in [-0.25, -0.2) is 4.99 Å². The molecule has 2 nitrogen and oxygen atoms in total. The Morgan fingerprint density at radius 2 is 1.60 bits per heavy atom. The van der Waals surface area contributed by atoms with Crippen molar-refractivity contribution in [1.82, 2.24) is 0 Å². The van der Waals surface area contributed by atoms with Crippen molar-refractivity contribution >= 4 is 5.90 Å². The molecule has 2 aromatic carbocycles. The first-order valence-electron chi connectivity index (χ1n) is 7.23. The number of aliphatic imine (C=N–C) groups is 1. The van der Waals surface area contributed by atoms with Crippen molar-refractivity contribution in [3.63, 3.8) is 0 Å². The Labute approximate surface area is 120 Å². The van der Waals surface area contributed by atoms with Gasteiger partial charge in [0.15, 0.2) is 0 Å². The van der Waals surface area contributed by atoms with Gasteiger partial charge in [-0.05, 0) is 24.1 Å². The summed E-state index contributed by atoms with van der Waals surface area (Å²) in [6.07, 6.45) is 2.21. The summed E-state index contributed by atoms with van der Waals surface area (Å²) >= 11 is 0. The summed E-state index contributed by atoms with van der Waals surface area (Å²) in [4.78, 5) is 4.80. The molecule has 0 aliphatic carbocycles. The monoisotopic (exact) mass is 265 g/mol. The minimum Gasteiger partial charge on any atom is -0.467 e. The average molecular weight is 265 g/mol. The molecule has 0 unspecified atom stereocenters. The van der Waals surface area contributed by atoms with E-state index in [0.29, 0.717) is 0 Å². The van der Waals surface area contributed by atoms with Gasteiger partial charge in [0.1, 0.15) is 6.10 Å². The summed E-state index contributed by atoms with van der Waals surface area (Å²) in [7, 11) is 0. The van der Waals surface area contributed by atoms with Crippen LogP contribution in [0.15, 0.2) is 65.7 Å². The van der Waals surface area contributed by atoms with E-state index in [-0.39, 0.29) is 12.1 Å². The second-order valence-corrected chi connectivity index (χ2v) is 5.11. The summed E-state index contributed by atoms with van der Waals surface area (Å²) in [5, 5.41) is 0. The van der Waals surface area contributed by atoms with Gasteiger partial charge in [0, 0.05) is 5.56 Å². The second-order valence-electron chi connectivity index (χ2n) is 5.11. The first-order valence-corrected chi connectivity index (χ1v) is 7.23. The Kier molecular flexibility index (Phi) is 3.82. The van der Waals surface area contributed by atoms with E-state index >= 15 is 0 Å². The Morgan fingerprint density at radius 1 is 0.950 bits per heavy atom. The maximum atomic E-state index is 6.15. The zero-order chi connectivity index (χ0) is 13.8. The molecule has 0 aromatic heterocycles. The van der Waals surface area contributed by atoms with E-state index in [2.05, 4.69) is 43.3 Å². The first-order chi connectivity index (χ1) is 9.88. The van der Waals surface area contributed by atoms with Crippen molar-refractivity contribution < 1.29 is 4.74 Å². The molecule has 0 amide bonds. The van der Waals surface area contributed by atoms with E-state index in [9.17, 15) is 0 Å². The van der Waals surface area contributed by atoms with Gasteiger partial charge in [-0.15, -0.1) is 0 Å². The van der Waals surface area contributed by atoms with Crippen molar-refractivity contribution in [2.45, 2.75) is 31.9 Å². The molecule has 3 rings (SSSR count). The molecule has 0 N–H and O–H groups in total. The van der Waals surface area contributed by atoms with Crippen LogP contribution in [0.1, 0.15) is 37.0 Å². The van der Waals surface area contributed by atoms with Gasteiger partial charge >= 0.3 is 0 Å². The van der Waals surface area contributed by atoms with Crippen LogP contribution in [0.25, 0.3) is 0 Å². The molecule has 1 aliphatic heterocycles. The van der Waals surface area contributed by atoms with E-state index in [0.717, 1.165) is 24.3 Å². The van der Waals surface area contributed by atoms with Crippen molar-refractivity contribution in [2.24, 2.45) is 4.99 Å². The molecule has 102 valence electrons. The number of nitrogens with zero attached hydrogens (tertiary/aromatic N) is 1. The fourth-order valence-corrected chi connectivity index (χ4v) is 2.62. The third-order valence-corrected chi connectivity index (χ3v) is 3.60. The number of ether oxygens (including phenoxy) is 1. The summed E-state index contributed by atoms with van der Waals surface area (Å²) in [6, 6.07) is 20.8. The zero-order valence-corrected chi connectivity index (χ0v) is 11.7. The molecule has 2 aromatic rings. The first kappa shape index (κ1) is 12.9. The predicted octanol–water partition coefficient (Wildman–Crippen LogP) is 4.37. The average Bonchev–Trinajstić information content (AvgIpc) is 2.94. The van der Waals surface area contributed by atoms with Crippen molar-refractivity contribution in [3.05, 3.63) is 71.8 Å². The van der Waals surface area contributed by atoms with E-state index < -0.39 is 0 Å². The smallest absolute Gasteiger partial charge is 0.217 e. The van der Waals surface area contributed by atoms with Crippen LogP contribution in [0.4, 0.5) is 0 Å². The Balaban J connectivity index is 1.88. The Morgan fingerprint density at radius 3 is 2.25 bits per heavy atom. The molecule has 20 heavy (non-hydrogen) atoms. The quantitative estimate of drug-likeness (QED) is 0.804. The van der Waals surface area contributed by atoms with Crippen LogP contribution in [0, 0.1) is 0 Å². The molecule has 1 aliphatic rings. The predicted molar refractivity (Wildman–Crippen MR) is 81.9 cm³/mol. The molecule has 0 bridgehead atoms. The maximum absolute atomic E-state index is 6.15. The highest BCUT2D eigenvalue weighted by Gasteiger charge is 2.31. The lowest BCUT2D eigenvalue weighted by atomic mass is 10.00. The number of rotatable bonds is 4. The maximum Gasteiger partial charge on any atom is 0.217 e. The van der Waals surface area contributed by atoms with Gasteiger partial charge < -0.3 is 4.74 Å². The summed E-state index contributed by atoms with van der Waals surface area (Å²) in [6.45, 7) is 2.19. The molecule has 2 heteroatoms. The minimum atomic E-state index is 0.0476. The van der Waals surface area contributed by atoms with Gasteiger partial charge in [0.25, 0.3) is 0 Å². The number of hydrogen-bond donors (Lipinski definition) is 0. The molecule has 0 spiro atoms. The standard InChI is InChI=1S/C18H19NO/c1-2-9-16-17(14-10-5-3-6-11-14)20-18(19-16)15-12-7-4-8-13-15/h3-8,10-13,16-17H,2,9H2,1H3/t16-,17-/m1/s1. The zero-order valence-electron chi connectivity index (χ0n) is 11.7. The molecule has 1 heterocycles. The van der Waals surface area contributed by atoms with Crippen LogP contribution >= 0.6 is 0 Å². The van der Waals surface area contributed by atoms with Crippen LogP contribution in [0.2, 0.25) is 0 Å². The number of benzene rings is 2. The fourth-order valence-electron chi connectivity index (χ4n) is 2.62. The Hall–Kier alpha value is -2.09. The van der Waals surface area contributed by atoms with Crippen LogP contribution in [0.3, 0.4) is 0 Å².